The molecule has 1 atom stereocenters. The largest absolute Gasteiger partial charge is 0.496 e. The lowest BCUT2D eigenvalue weighted by atomic mass is 9.73. The molecule has 0 aliphatic carbocycles. The van der Waals surface area contributed by atoms with Crippen LogP contribution < -0.4 is 10.1 Å². The van der Waals surface area contributed by atoms with Gasteiger partial charge in [-0.2, -0.15) is 0 Å². The third-order valence-electron chi connectivity index (χ3n) is 4.01. The maximum atomic E-state index is 5.35. The third kappa shape index (κ3) is 1.61. The van der Waals surface area contributed by atoms with Gasteiger partial charge in [-0.25, -0.2) is 0 Å². The first kappa shape index (κ1) is 11.5. The normalized spacial score (nSPS) is 22.7. The van der Waals surface area contributed by atoms with Crippen molar-refractivity contribution in [2.45, 2.75) is 39.2 Å². The third-order valence-corrected chi connectivity index (χ3v) is 4.01. The predicted octanol–water partition coefficient (Wildman–Crippen LogP) is 2.78. The standard InChI is InChI=1S/C14H21NO/c1-9-10(2)13(16-5)7-6-11(9)12-8-15-14(12,3)4/h6-7,12,15H,8H2,1-5H3. The topological polar surface area (TPSA) is 21.3 Å². The van der Waals surface area contributed by atoms with Crippen LogP contribution in [0.2, 0.25) is 0 Å². The SMILES string of the molecule is COc1ccc(C2CNC2(C)C)c(C)c1C. The smallest absolute Gasteiger partial charge is 0.122 e. The van der Waals surface area contributed by atoms with Crippen molar-refractivity contribution in [2.24, 2.45) is 0 Å². The van der Waals surface area contributed by atoms with Crippen molar-refractivity contribution in [3.8, 4) is 5.75 Å². The molecule has 88 valence electrons. The van der Waals surface area contributed by atoms with Crippen molar-refractivity contribution in [2.75, 3.05) is 13.7 Å². The van der Waals surface area contributed by atoms with Crippen molar-refractivity contribution in [3.05, 3.63) is 28.8 Å². The van der Waals surface area contributed by atoms with E-state index >= 15 is 0 Å². The average Bonchev–Trinajstić information content (AvgIpc) is 2.24. The molecule has 0 spiro atoms. The van der Waals surface area contributed by atoms with E-state index < -0.39 is 0 Å². The Hall–Kier alpha value is -1.02. The summed E-state index contributed by atoms with van der Waals surface area (Å²) in [5, 5.41) is 3.48. The van der Waals surface area contributed by atoms with Crippen LogP contribution >= 0.6 is 0 Å². The molecule has 1 unspecified atom stereocenters. The lowest BCUT2D eigenvalue weighted by Gasteiger charge is -2.47. The Labute approximate surface area is 98.0 Å². The Kier molecular flexibility index (Phi) is 2.70. The molecule has 1 N–H and O–H groups in total. The molecule has 2 rings (SSSR count). The first-order chi connectivity index (χ1) is 7.47. The molecule has 2 nitrogen and oxygen atoms in total. The Bertz CT molecular complexity index is 409. The van der Waals surface area contributed by atoms with E-state index in [4.69, 9.17) is 4.74 Å². The lowest BCUT2D eigenvalue weighted by Crippen LogP contribution is -2.59. The highest BCUT2D eigenvalue weighted by Gasteiger charge is 2.39. The van der Waals surface area contributed by atoms with Crippen LogP contribution in [0.1, 0.15) is 36.5 Å². The van der Waals surface area contributed by atoms with Crippen LogP contribution in [0, 0.1) is 13.8 Å². The van der Waals surface area contributed by atoms with Gasteiger partial charge in [-0.3, -0.25) is 0 Å². The minimum atomic E-state index is 0.228. The molecule has 1 aliphatic rings. The summed E-state index contributed by atoms with van der Waals surface area (Å²) in [6.07, 6.45) is 0. The second kappa shape index (κ2) is 3.77. The van der Waals surface area contributed by atoms with E-state index in [0.29, 0.717) is 5.92 Å². The molecular weight excluding hydrogens is 198 g/mol. The first-order valence-corrected chi connectivity index (χ1v) is 5.86. The maximum Gasteiger partial charge on any atom is 0.122 e. The highest BCUT2D eigenvalue weighted by Crippen LogP contribution is 2.38. The molecule has 0 saturated carbocycles. The van der Waals surface area contributed by atoms with Gasteiger partial charge in [0.15, 0.2) is 0 Å². The molecule has 1 fully saturated rings. The molecule has 1 heterocycles. The molecule has 1 saturated heterocycles. The fourth-order valence-electron chi connectivity index (χ4n) is 2.53. The molecule has 0 radical (unpaired) electrons. The van der Waals surface area contributed by atoms with E-state index in [2.05, 4.69) is 45.1 Å². The number of benzene rings is 1. The molecule has 0 bridgehead atoms. The van der Waals surface area contributed by atoms with Crippen LogP contribution in [0.4, 0.5) is 0 Å². The van der Waals surface area contributed by atoms with Crippen molar-refractivity contribution in [1.29, 1.82) is 0 Å². The number of methoxy groups -OCH3 is 1. The van der Waals surface area contributed by atoms with Gasteiger partial charge in [0.2, 0.25) is 0 Å². The second-order valence-corrected chi connectivity index (χ2v) is 5.26. The fraction of sp³-hybridized carbons (Fsp3) is 0.571. The van der Waals surface area contributed by atoms with Crippen LogP contribution in [0.5, 0.6) is 5.75 Å². The molecule has 2 heteroatoms. The summed E-state index contributed by atoms with van der Waals surface area (Å²) in [6, 6.07) is 4.31. The monoisotopic (exact) mass is 219 g/mol. The fourth-order valence-corrected chi connectivity index (χ4v) is 2.53. The summed E-state index contributed by atoms with van der Waals surface area (Å²) in [5.74, 6) is 1.61. The van der Waals surface area contributed by atoms with Crippen LogP contribution in [0.15, 0.2) is 12.1 Å². The Morgan fingerprint density at radius 2 is 1.94 bits per heavy atom. The highest BCUT2D eigenvalue weighted by molar-refractivity contribution is 5.46. The van der Waals surface area contributed by atoms with Gasteiger partial charge in [0.25, 0.3) is 0 Å². The van der Waals surface area contributed by atoms with Crippen LogP contribution in [-0.2, 0) is 0 Å². The summed E-state index contributed by atoms with van der Waals surface area (Å²) in [5.41, 5.74) is 4.33. The molecule has 1 aliphatic heterocycles. The summed E-state index contributed by atoms with van der Waals surface area (Å²) in [4.78, 5) is 0. The van der Waals surface area contributed by atoms with Gasteiger partial charge in [0.05, 0.1) is 7.11 Å². The Morgan fingerprint density at radius 3 is 2.38 bits per heavy atom. The molecule has 0 aromatic heterocycles. The van der Waals surface area contributed by atoms with Crippen molar-refractivity contribution in [1.82, 2.24) is 5.32 Å². The second-order valence-electron chi connectivity index (χ2n) is 5.26. The zero-order valence-corrected chi connectivity index (χ0v) is 10.8. The quantitative estimate of drug-likeness (QED) is 0.826. The van der Waals surface area contributed by atoms with E-state index in [0.717, 1.165) is 12.3 Å². The summed E-state index contributed by atoms with van der Waals surface area (Å²) >= 11 is 0. The number of nitrogens with one attached hydrogen (secondary N) is 1. The van der Waals surface area contributed by atoms with Gasteiger partial charge < -0.3 is 10.1 Å². The van der Waals surface area contributed by atoms with Crippen LogP contribution in [0.25, 0.3) is 0 Å². The van der Waals surface area contributed by atoms with Crippen LogP contribution in [-0.4, -0.2) is 19.2 Å². The minimum Gasteiger partial charge on any atom is -0.496 e. The number of hydrogen-bond donors (Lipinski definition) is 1. The van der Waals surface area contributed by atoms with Gasteiger partial charge in [0.1, 0.15) is 5.75 Å². The van der Waals surface area contributed by atoms with Gasteiger partial charge >= 0.3 is 0 Å². The predicted molar refractivity (Wildman–Crippen MR) is 67.3 cm³/mol. The molecular formula is C14H21NO. The van der Waals surface area contributed by atoms with Gasteiger partial charge in [-0.1, -0.05) is 6.07 Å². The number of rotatable bonds is 2. The number of hydrogen-bond acceptors (Lipinski definition) is 2. The number of ether oxygens (including phenoxy) is 1. The Morgan fingerprint density at radius 1 is 1.25 bits per heavy atom. The summed E-state index contributed by atoms with van der Waals surface area (Å²) in [7, 11) is 1.73. The van der Waals surface area contributed by atoms with Crippen molar-refractivity contribution < 1.29 is 4.74 Å². The van der Waals surface area contributed by atoms with Gasteiger partial charge in [-0.05, 0) is 50.5 Å². The van der Waals surface area contributed by atoms with E-state index in [-0.39, 0.29) is 5.54 Å². The zero-order chi connectivity index (χ0) is 11.9. The maximum absolute atomic E-state index is 5.35. The van der Waals surface area contributed by atoms with Crippen molar-refractivity contribution in [3.63, 3.8) is 0 Å². The lowest BCUT2D eigenvalue weighted by molar-refractivity contribution is 0.207. The first-order valence-electron chi connectivity index (χ1n) is 5.86. The minimum absolute atomic E-state index is 0.228. The zero-order valence-electron chi connectivity index (χ0n) is 10.8. The molecule has 1 aromatic rings. The summed E-state index contributed by atoms with van der Waals surface area (Å²) in [6.45, 7) is 9.94. The van der Waals surface area contributed by atoms with Gasteiger partial charge in [-0.15, -0.1) is 0 Å². The average molecular weight is 219 g/mol. The summed E-state index contributed by atoms with van der Waals surface area (Å²) < 4.78 is 5.35. The van der Waals surface area contributed by atoms with E-state index in [9.17, 15) is 0 Å². The molecule has 1 aromatic carbocycles. The van der Waals surface area contributed by atoms with E-state index in [1.54, 1.807) is 7.11 Å². The van der Waals surface area contributed by atoms with E-state index in [1.165, 1.54) is 16.7 Å². The van der Waals surface area contributed by atoms with Gasteiger partial charge in [0, 0.05) is 18.0 Å². The highest BCUT2D eigenvalue weighted by atomic mass is 16.5. The Balaban J connectivity index is 2.40. The van der Waals surface area contributed by atoms with Crippen LogP contribution in [0.3, 0.4) is 0 Å². The molecule has 0 amide bonds. The van der Waals surface area contributed by atoms with Crippen molar-refractivity contribution >= 4 is 0 Å². The molecule has 16 heavy (non-hydrogen) atoms. The van der Waals surface area contributed by atoms with E-state index in [1.807, 2.05) is 0 Å².